The van der Waals surface area contributed by atoms with Crippen molar-refractivity contribution in [3.63, 3.8) is 0 Å². The molecule has 10 nitrogen and oxygen atoms in total. The molecule has 0 unspecified atom stereocenters. The quantitative estimate of drug-likeness (QED) is 0.530. The van der Waals surface area contributed by atoms with E-state index < -0.39 is 14.9 Å². The smallest absolute Gasteiger partial charge is 0.329 e. The normalized spacial score (nSPS) is 21.2. The number of nitro groups is 1. The summed E-state index contributed by atoms with van der Waals surface area (Å²) >= 11 is 0. The lowest BCUT2D eigenvalue weighted by molar-refractivity contribution is -0.384. The maximum atomic E-state index is 11.3. The molecule has 1 saturated heterocycles. The van der Waals surface area contributed by atoms with E-state index in [0.717, 1.165) is 38.5 Å². The van der Waals surface area contributed by atoms with Gasteiger partial charge in [-0.05, 0) is 31.6 Å². The highest BCUT2D eigenvalue weighted by Crippen LogP contribution is 2.30. The largest absolute Gasteiger partial charge is 0.361 e. The minimum atomic E-state index is -3.22. The molecule has 2 fully saturated rings. The van der Waals surface area contributed by atoms with Crippen molar-refractivity contribution in [3.8, 4) is 0 Å². The van der Waals surface area contributed by atoms with Crippen LogP contribution in [0.5, 0.6) is 0 Å². The van der Waals surface area contributed by atoms with E-state index in [9.17, 15) is 18.5 Å². The summed E-state index contributed by atoms with van der Waals surface area (Å²) in [6.45, 7) is 1.73. The molecule has 2 N–H and O–H groups in total. The first-order valence-electron chi connectivity index (χ1n) is 8.29. The zero-order valence-electron chi connectivity index (χ0n) is 14.0. The van der Waals surface area contributed by atoms with Gasteiger partial charge in [0.05, 0.1) is 11.2 Å². The van der Waals surface area contributed by atoms with Gasteiger partial charge in [0, 0.05) is 25.7 Å². The summed E-state index contributed by atoms with van der Waals surface area (Å²) in [6.07, 6.45) is 6.16. The monoisotopic (exact) mass is 370 g/mol. The van der Waals surface area contributed by atoms with E-state index in [2.05, 4.69) is 20.0 Å². The Morgan fingerprint density at radius 1 is 1.40 bits per heavy atom. The van der Waals surface area contributed by atoms with Gasteiger partial charge in [0.15, 0.2) is 0 Å². The lowest BCUT2D eigenvalue weighted by Gasteiger charge is -2.32. The number of rotatable bonds is 7. The van der Waals surface area contributed by atoms with E-state index in [4.69, 9.17) is 0 Å². The first-order valence-corrected chi connectivity index (χ1v) is 10.2. The van der Waals surface area contributed by atoms with Gasteiger partial charge in [0.1, 0.15) is 6.20 Å². The molecule has 1 aromatic rings. The summed E-state index contributed by atoms with van der Waals surface area (Å²) in [6, 6.07) is 0.245. The Bertz CT molecular complexity index is 752. The molecule has 1 saturated carbocycles. The van der Waals surface area contributed by atoms with Crippen molar-refractivity contribution in [2.24, 2.45) is 5.92 Å². The molecule has 11 heteroatoms. The lowest BCUT2D eigenvalue weighted by atomic mass is 9.99. The molecule has 1 atom stereocenters. The summed E-state index contributed by atoms with van der Waals surface area (Å²) < 4.78 is 25.1. The second kappa shape index (κ2) is 7.08. The van der Waals surface area contributed by atoms with Crippen LogP contribution in [0.3, 0.4) is 0 Å². The van der Waals surface area contributed by atoms with E-state index >= 15 is 0 Å². The highest BCUT2D eigenvalue weighted by atomic mass is 32.2. The molecule has 2 aliphatic rings. The average molecular weight is 370 g/mol. The fraction of sp³-hybridized carbons (Fsp3) is 0.714. The number of piperidine rings is 1. The highest BCUT2D eigenvalue weighted by Gasteiger charge is 2.28. The molecule has 0 aromatic carbocycles. The van der Waals surface area contributed by atoms with Crippen LogP contribution in [0, 0.1) is 16.0 Å². The summed E-state index contributed by atoms with van der Waals surface area (Å²) in [5.74, 6) is 0.855. The first-order chi connectivity index (χ1) is 11.8. The van der Waals surface area contributed by atoms with Gasteiger partial charge in [-0.3, -0.25) is 10.1 Å². The number of anilines is 2. The van der Waals surface area contributed by atoms with Gasteiger partial charge in [0.2, 0.25) is 21.8 Å². The molecule has 2 heterocycles. The predicted molar refractivity (Wildman–Crippen MR) is 93.1 cm³/mol. The van der Waals surface area contributed by atoms with Gasteiger partial charge in [-0.25, -0.2) is 18.1 Å². The second-order valence-corrected chi connectivity index (χ2v) is 8.49. The number of hydrogen-bond donors (Lipinski definition) is 2. The molecule has 1 aliphatic heterocycles. The van der Waals surface area contributed by atoms with Crippen molar-refractivity contribution >= 4 is 27.5 Å². The molecule has 1 aromatic heterocycles. The molecular formula is C14H22N6O4S. The van der Waals surface area contributed by atoms with Crippen molar-refractivity contribution in [2.75, 3.05) is 36.1 Å². The minimum absolute atomic E-state index is 0.122. The SMILES string of the molecule is CS(=O)(=O)NC[C@@H]1CCCN(c2ncc([N+](=O)[O-])c(NC3CC3)n2)C1. The van der Waals surface area contributed by atoms with Gasteiger partial charge in [0.25, 0.3) is 0 Å². The summed E-state index contributed by atoms with van der Waals surface area (Å²) in [4.78, 5) is 21.1. The third kappa shape index (κ3) is 4.98. The van der Waals surface area contributed by atoms with Crippen molar-refractivity contribution in [3.05, 3.63) is 16.3 Å². The van der Waals surface area contributed by atoms with Crippen LogP contribution in [-0.2, 0) is 10.0 Å². The molecule has 25 heavy (non-hydrogen) atoms. The molecule has 0 bridgehead atoms. The van der Waals surface area contributed by atoms with Crippen LogP contribution in [-0.4, -0.2) is 55.2 Å². The highest BCUT2D eigenvalue weighted by molar-refractivity contribution is 7.88. The van der Waals surface area contributed by atoms with Gasteiger partial charge in [-0.15, -0.1) is 0 Å². The van der Waals surface area contributed by atoms with Crippen LogP contribution >= 0.6 is 0 Å². The first kappa shape index (κ1) is 17.8. The molecule has 0 spiro atoms. The molecular weight excluding hydrogens is 348 g/mol. The Hall–Kier alpha value is -2.01. The Morgan fingerprint density at radius 3 is 2.80 bits per heavy atom. The zero-order valence-corrected chi connectivity index (χ0v) is 14.8. The second-order valence-electron chi connectivity index (χ2n) is 6.65. The summed E-state index contributed by atoms with van der Waals surface area (Å²) in [7, 11) is -3.22. The van der Waals surface area contributed by atoms with E-state index in [1.165, 1.54) is 6.20 Å². The van der Waals surface area contributed by atoms with Gasteiger partial charge >= 0.3 is 5.69 Å². The van der Waals surface area contributed by atoms with Crippen molar-refractivity contribution in [2.45, 2.75) is 31.7 Å². The summed E-state index contributed by atoms with van der Waals surface area (Å²) in [5.41, 5.74) is -0.122. The van der Waals surface area contributed by atoms with Gasteiger partial charge in [-0.1, -0.05) is 0 Å². The third-order valence-electron chi connectivity index (χ3n) is 4.31. The fourth-order valence-electron chi connectivity index (χ4n) is 2.86. The Morgan fingerprint density at radius 2 is 2.16 bits per heavy atom. The van der Waals surface area contributed by atoms with Crippen LogP contribution in [0.2, 0.25) is 0 Å². The Balaban J connectivity index is 1.72. The number of sulfonamides is 1. The Labute approximate surface area is 146 Å². The van der Waals surface area contributed by atoms with Crippen LogP contribution in [0.25, 0.3) is 0 Å². The molecule has 3 rings (SSSR count). The molecule has 0 amide bonds. The van der Waals surface area contributed by atoms with Crippen LogP contribution < -0.4 is 14.9 Å². The maximum Gasteiger partial charge on any atom is 0.329 e. The van der Waals surface area contributed by atoms with E-state index in [-0.39, 0.29) is 23.5 Å². The van der Waals surface area contributed by atoms with E-state index in [1.807, 2.05) is 4.90 Å². The minimum Gasteiger partial charge on any atom is -0.361 e. The predicted octanol–water partition coefficient (Wildman–Crippen LogP) is 0.725. The van der Waals surface area contributed by atoms with Crippen LogP contribution in [0.1, 0.15) is 25.7 Å². The molecule has 1 aliphatic carbocycles. The Kier molecular flexibility index (Phi) is 5.04. The summed E-state index contributed by atoms with van der Waals surface area (Å²) in [5, 5.41) is 14.2. The molecule has 138 valence electrons. The van der Waals surface area contributed by atoms with Gasteiger partial charge < -0.3 is 10.2 Å². The number of nitrogens with one attached hydrogen (secondary N) is 2. The van der Waals surface area contributed by atoms with E-state index in [1.54, 1.807) is 0 Å². The molecule has 0 radical (unpaired) electrons. The van der Waals surface area contributed by atoms with Crippen LogP contribution in [0.4, 0.5) is 17.5 Å². The number of hydrogen-bond acceptors (Lipinski definition) is 8. The van der Waals surface area contributed by atoms with E-state index in [0.29, 0.717) is 19.0 Å². The topological polar surface area (TPSA) is 130 Å². The van der Waals surface area contributed by atoms with Crippen LogP contribution in [0.15, 0.2) is 6.20 Å². The lowest BCUT2D eigenvalue weighted by Crippen LogP contribution is -2.41. The number of nitrogens with zero attached hydrogens (tertiary/aromatic N) is 4. The number of aromatic nitrogens is 2. The van der Waals surface area contributed by atoms with Gasteiger partial charge in [-0.2, -0.15) is 4.98 Å². The average Bonchev–Trinajstić information content (AvgIpc) is 3.36. The fourth-order valence-corrected chi connectivity index (χ4v) is 3.40. The van der Waals surface area contributed by atoms with Crippen molar-refractivity contribution < 1.29 is 13.3 Å². The third-order valence-corrected chi connectivity index (χ3v) is 5.00. The van der Waals surface area contributed by atoms with Crippen molar-refractivity contribution in [1.82, 2.24) is 14.7 Å². The standard InChI is InChI=1S/C14H22N6O4S/c1-25(23,24)16-7-10-3-2-6-19(9-10)14-15-8-12(20(21)22)13(18-14)17-11-4-5-11/h8,10-11,16H,2-7,9H2,1H3,(H,15,17,18)/t10-/m0/s1. The maximum absolute atomic E-state index is 11.3. The zero-order chi connectivity index (χ0) is 18.0. The van der Waals surface area contributed by atoms with Crippen molar-refractivity contribution in [1.29, 1.82) is 0 Å².